The second-order valence-electron chi connectivity index (χ2n) is 6.79. The van der Waals surface area contributed by atoms with E-state index in [0.717, 1.165) is 12.1 Å². The van der Waals surface area contributed by atoms with E-state index in [2.05, 4.69) is 20.2 Å². The zero-order valence-electron chi connectivity index (χ0n) is 15.7. The number of aromatic nitrogens is 5. The lowest BCUT2D eigenvalue weighted by Crippen LogP contribution is -2.40. The van der Waals surface area contributed by atoms with Crippen molar-refractivity contribution in [3.05, 3.63) is 66.2 Å². The summed E-state index contributed by atoms with van der Waals surface area (Å²) in [6, 6.07) is 7.91. The first kappa shape index (κ1) is 19.0. The predicted octanol–water partition coefficient (Wildman–Crippen LogP) is 3.67. The highest BCUT2D eigenvalue weighted by molar-refractivity contribution is 6.09. The first-order valence-corrected chi connectivity index (χ1v) is 9.21. The van der Waals surface area contributed by atoms with E-state index in [-0.39, 0.29) is 18.1 Å². The maximum Gasteiger partial charge on any atom is 0.416 e. The molecular weight excluding hydrogens is 413 g/mol. The lowest BCUT2D eigenvalue weighted by Gasteiger charge is -2.28. The van der Waals surface area contributed by atoms with Crippen molar-refractivity contribution in [3.8, 4) is 22.8 Å². The van der Waals surface area contributed by atoms with Crippen molar-refractivity contribution in [3.63, 3.8) is 0 Å². The second kappa shape index (κ2) is 7.04. The van der Waals surface area contributed by atoms with E-state index in [1.165, 1.54) is 27.9 Å². The fraction of sp³-hybridized carbons (Fsp3) is 0.150. The Hall–Kier alpha value is -4.02. The van der Waals surface area contributed by atoms with Crippen LogP contribution in [0.4, 0.5) is 18.9 Å². The minimum absolute atomic E-state index is 0.121. The number of hydrogen-bond acceptors (Lipinski definition) is 6. The highest BCUT2D eigenvalue weighted by atomic mass is 19.4. The topological polar surface area (TPSA) is 89.9 Å². The van der Waals surface area contributed by atoms with Crippen molar-refractivity contribution in [2.45, 2.75) is 12.7 Å². The number of carbonyl (C=O) groups excluding carboxylic acids is 1. The fourth-order valence-electron chi connectivity index (χ4n) is 3.39. The normalized spacial score (nSPS) is 14.0. The van der Waals surface area contributed by atoms with Gasteiger partial charge in [-0.3, -0.25) is 14.5 Å². The van der Waals surface area contributed by atoms with Gasteiger partial charge in [-0.1, -0.05) is 5.16 Å². The van der Waals surface area contributed by atoms with Crippen LogP contribution >= 0.6 is 0 Å². The average molecular weight is 426 g/mol. The van der Waals surface area contributed by atoms with E-state index >= 15 is 0 Å². The molecule has 0 spiro atoms. The zero-order valence-corrected chi connectivity index (χ0v) is 15.7. The second-order valence-corrected chi connectivity index (χ2v) is 6.79. The minimum Gasteiger partial charge on any atom is -0.333 e. The van der Waals surface area contributed by atoms with Crippen molar-refractivity contribution in [2.24, 2.45) is 0 Å². The molecule has 4 heterocycles. The predicted molar refractivity (Wildman–Crippen MR) is 102 cm³/mol. The number of carbonyl (C=O) groups is 1. The highest BCUT2D eigenvalue weighted by Crippen LogP contribution is 2.33. The van der Waals surface area contributed by atoms with Crippen molar-refractivity contribution in [1.29, 1.82) is 0 Å². The molecule has 0 fully saturated rings. The van der Waals surface area contributed by atoms with Crippen LogP contribution in [0.2, 0.25) is 0 Å². The molecule has 8 nitrogen and oxygen atoms in total. The Balaban J connectivity index is 1.47. The van der Waals surface area contributed by atoms with Crippen LogP contribution in [0.15, 0.2) is 59.5 Å². The molecule has 0 aliphatic carbocycles. The van der Waals surface area contributed by atoms with Crippen LogP contribution in [0.3, 0.4) is 0 Å². The van der Waals surface area contributed by atoms with Gasteiger partial charge in [0.15, 0.2) is 0 Å². The number of fused-ring (bicyclic) bond motifs is 1. The molecule has 0 bridgehead atoms. The van der Waals surface area contributed by atoms with Crippen LogP contribution in [0.5, 0.6) is 0 Å². The molecule has 11 heteroatoms. The SMILES string of the molecule is O=C1c2c(-c3nc(-c4ccncc4)no3)cnn2CCN1c1ccc(C(F)(F)F)cc1. The van der Waals surface area contributed by atoms with Crippen LogP contribution < -0.4 is 4.90 Å². The molecule has 5 rings (SSSR count). The third kappa shape index (κ3) is 3.33. The molecule has 3 aromatic heterocycles. The lowest BCUT2D eigenvalue weighted by atomic mass is 10.1. The van der Waals surface area contributed by atoms with Gasteiger partial charge in [0.2, 0.25) is 5.82 Å². The van der Waals surface area contributed by atoms with Gasteiger partial charge in [0.1, 0.15) is 5.69 Å². The van der Waals surface area contributed by atoms with Crippen LogP contribution in [-0.2, 0) is 12.7 Å². The third-order valence-electron chi connectivity index (χ3n) is 4.92. The number of alkyl halides is 3. The summed E-state index contributed by atoms with van der Waals surface area (Å²) in [5, 5.41) is 8.17. The lowest BCUT2D eigenvalue weighted by molar-refractivity contribution is -0.137. The van der Waals surface area contributed by atoms with Gasteiger partial charge in [0, 0.05) is 30.2 Å². The Morgan fingerprint density at radius 2 is 1.74 bits per heavy atom. The number of anilines is 1. The molecule has 31 heavy (non-hydrogen) atoms. The van der Waals surface area contributed by atoms with Gasteiger partial charge in [-0.15, -0.1) is 0 Å². The van der Waals surface area contributed by atoms with Gasteiger partial charge in [-0.25, -0.2) is 0 Å². The standard InChI is InChI=1S/C20H13F3N6O2/c21-20(22,23)13-1-3-14(4-2-13)28-9-10-29-16(19(28)30)15(11-25-29)18-26-17(27-31-18)12-5-7-24-8-6-12/h1-8,11H,9-10H2. The fourth-order valence-corrected chi connectivity index (χ4v) is 3.39. The highest BCUT2D eigenvalue weighted by Gasteiger charge is 2.33. The zero-order chi connectivity index (χ0) is 21.6. The van der Waals surface area contributed by atoms with Crippen LogP contribution in [0, 0.1) is 0 Å². The van der Waals surface area contributed by atoms with Crippen LogP contribution in [0.1, 0.15) is 16.1 Å². The monoisotopic (exact) mass is 426 g/mol. The average Bonchev–Trinajstić information content (AvgIpc) is 3.42. The van der Waals surface area contributed by atoms with Crippen LogP contribution in [-0.4, -0.2) is 37.4 Å². The van der Waals surface area contributed by atoms with E-state index < -0.39 is 17.6 Å². The smallest absolute Gasteiger partial charge is 0.333 e. The van der Waals surface area contributed by atoms with E-state index in [9.17, 15) is 18.0 Å². The summed E-state index contributed by atoms with van der Waals surface area (Å²) < 4.78 is 45.4. The molecule has 1 aromatic carbocycles. The molecule has 4 aromatic rings. The molecule has 0 atom stereocenters. The van der Waals surface area contributed by atoms with E-state index in [1.807, 2.05) is 0 Å². The Bertz CT molecular complexity index is 1250. The summed E-state index contributed by atoms with van der Waals surface area (Å²) in [5.74, 6) is 0.0399. The summed E-state index contributed by atoms with van der Waals surface area (Å²) in [4.78, 5) is 22.9. The minimum atomic E-state index is -4.44. The Morgan fingerprint density at radius 1 is 1.00 bits per heavy atom. The van der Waals surface area contributed by atoms with Gasteiger partial charge >= 0.3 is 6.18 Å². The number of nitrogens with zero attached hydrogens (tertiary/aromatic N) is 6. The molecule has 156 valence electrons. The molecule has 1 amide bonds. The maximum atomic E-state index is 13.2. The molecule has 1 aliphatic heterocycles. The molecule has 1 aliphatic rings. The summed E-state index contributed by atoms with van der Waals surface area (Å²) in [7, 11) is 0. The molecule has 0 saturated heterocycles. The first-order valence-electron chi connectivity index (χ1n) is 9.21. The Labute approximate surface area is 172 Å². The number of amides is 1. The Kier molecular flexibility index (Phi) is 4.31. The molecule has 0 N–H and O–H groups in total. The van der Waals surface area contributed by atoms with Gasteiger partial charge in [0.25, 0.3) is 11.8 Å². The Morgan fingerprint density at radius 3 is 2.45 bits per heavy atom. The number of pyridine rings is 1. The number of hydrogen-bond donors (Lipinski definition) is 0. The van der Waals surface area contributed by atoms with Crippen molar-refractivity contribution >= 4 is 11.6 Å². The van der Waals surface area contributed by atoms with Gasteiger partial charge in [-0.05, 0) is 36.4 Å². The maximum absolute atomic E-state index is 13.2. The van der Waals surface area contributed by atoms with Crippen LogP contribution in [0.25, 0.3) is 22.8 Å². The number of benzene rings is 1. The van der Waals surface area contributed by atoms with Gasteiger partial charge in [0.05, 0.1) is 23.9 Å². The summed E-state index contributed by atoms with van der Waals surface area (Å²) >= 11 is 0. The summed E-state index contributed by atoms with van der Waals surface area (Å²) in [6.45, 7) is 0.637. The summed E-state index contributed by atoms with van der Waals surface area (Å²) in [6.07, 6.45) is 0.214. The van der Waals surface area contributed by atoms with E-state index in [1.54, 1.807) is 24.5 Å². The molecule has 0 saturated carbocycles. The van der Waals surface area contributed by atoms with Crippen molar-refractivity contribution in [1.82, 2.24) is 24.9 Å². The van der Waals surface area contributed by atoms with E-state index in [4.69, 9.17) is 4.52 Å². The van der Waals surface area contributed by atoms with Gasteiger partial charge in [-0.2, -0.15) is 23.3 Å². The quantitative estimate of drug-likeness (QED) is 0.497. The molecule has 0 radical (unpaired) electrons. The van der Waals surface area contributed by atoms with Crippen molar-refractivity contribution < 1.29 is 22.5 Å². The first-order chi connectivity index (χ1) is 14.9. The summed E-state index contributed by atoms with van der Waals surface area (Å²) in [5.41, 5.74) is 0.870. The van der Waals surface area contributed by atoms with Crippen molar-refractivity contribution in [2.75, 3.05) is 11.4 Å². The van der Waals surface area contributed by atoms with Gasteiger partial charge < -0.3 is 9.42 Å². The van der Waals surface area contributed by atoms with E-state index in [0.29, 0.717) is 29.2 Å². The number of rotatable bonds is 3. The molecule has 0 unspecified atom stereocenters. The largest absolute Gasteiger partial charge is 0.416 e. The third-order valence-corrected chi connectivity index (χ3v) is 4.92. The number of halogens is 3. The molecular formula is C20H13F3N6O2.